The van der Waals surface area contributed by atoms with Gasteiger partial charge in [-0.1, -0.05) is 13.0 Å². The molecular weight excluding hydrogens is 214 g/mol. The van der Waals surface area contributed by atoms with Crippen molar-refractivity contribution in [3.8, 4) is 0 Å². The van der Waals surface area contributed by atoms with Crippen LogP contribution in [0.5, 0.6) is 0 Å². The summed E-state index contributed by atoms with van der Waals surface area (Å²) >= 11 is 0. The molecule has 0 unspecified atom stereocenters. The molecule has 0 saturated carbocycles. The zero-order valence-electron chi connectivity index (χ0n) is 10.5. The van der Waals surface area contributed by atoms with E-state index in [4.69, 9.17) is 5.11 Å². The van der Waals surface area contributed by atoms with Crippen LogP contribution < -0.4 is 4.90 Å². The standard InChI is InChI=1S/C13H21N3O/c1-2-5-15-6-8-16(9-7-15)13-4-3-12(11-17)10-14-13/h3-4,10,17H,2,5-9,11H2,1H3. The lowest BCUT2D eigenvalue weighted by Crippen LogP contribution is -2.46. The minimum absolute atomic E-state index is 0.0670. The Bertz CT molecular complexity index is 331. The highest BCUT2D eigenvalue weighted by Gasteiger charge is 2.16. The van der Waals surface area contributed by atoms with E-state index in [-0.39, 0.29) is 6.61 Å². The molecule has 1 aliphatic rings. The van der Waals surface area contributed by atoms with Gasteiger partial charge in [0.05, 0.1) is 6.61 Å². The molecule has 1 aromatic heterocycles. The lowest BCUT2D eigenvalue weighted by molar-refractivity contribution is 0.258. The van der Waals surface area contributed by atoms with Crippen molar-refractivity contribution in [1.82, 2.24) is 9.88 Å². The Balaban J connectivity index is 1.91. The smallest absolute Gasteiger partial charge is 0.128 e. The van der Waals surface area contributed by atoms with Crippen LogP contribution in [0, 0.1) is 0 Å². The topological polar surface area (TPSA) is 39.6 Å². The summed E-state index contributed by atoms with van der Waals surface area (Å²) in [6.07, 6.45) is 2.98. The molecule has 2 heterocycles. The molecule has 0 bridgehead atoms. The monoisotopic (exact) mass is 235 g/mol. The summed E-state index contributed by atoms with van der Waals surface area (Å²) in [4.78, 5) is 9.20. The van der Waals surface area contributed by atoms with Gasteiger partial charge in [-0.25, -0.2) is 4.98 Å². The molecule has 4 nitrogen and oxygen atoms in total. The van der Waals surface area contributed by atoms with E-state index in [0.29, 0.717) is 0 Å². The summed E-state index contributed by atoms with van der Waals surface area (Å²) in [5.74, 6) is 1.03. The molecule has 2 rings (SSSR count). The van der Waals surface area contributed by atoms with Crippen LogP contribution in [0.25, 0.3) is 0 Å². The first-order valence-corrected chi connectivity index (χ1v) is 6.36. The van der Waals surface area contributed by atoms with Gasteiger partial charge in [-0.05, 0) is 24.6 Å². The third kappa shape index (κ3) is 3.17. The Labute approximate surface area is 103 Å². The molecule has 4 heteroatoms. The first-order chi connectivity index (χ1) is 8.33. The van der Waals surface area contributed by atoms with Gasteiger partial charge in [0.25, 0.3) is 0 Å². The summed E-state index contributed by atoms with van der Waals surface area (Å²) in [7, 11) is 0. The largest absolute Gasteiger partial charge is 0.392 e. The second kappa shape index (κ2) is 5.98. The van der Waals surface area contributed by atoms with Crippen LogP contribution in [0.4, 0.5) is 5.82 Å². The number of aromatic nitrogens is 1. The van der Waals surface area contributed by atoms with Gasteiger partial charge in [-0.2, -0.15) is 0 Å². The number of pyridine rings is 1. The maximum absolute atomic E-state index is 8.97. The van der Waals surface area contributed by atoms with E-state index >= 15 is 0 Å². The quantitative estimate of drug-likeness (QED) is 0.848. The SMILES string of the molecule is CCCN1CCN(c2ccc(CO)cn2)CC1. The van der Waals surface area contributed by atoms with E-state index in [2.05, 4.69) is 21.7 Å². The second-order valence-corrected chi connectivity index (χ2v) is 4.51. The minimum Gasteiger partial charge on any atom is -0.392 e. The maximum atomic E-state index is 8.97. The third-order valence-corrected chi connectivity index (χ3v) is 3.23. The fraction of sp³-hybridized carbons (Fsp3) is 0.615. The fourth-order valence-corrected chi connectivity index (χ4v) is 2.21. The van der Waals surface area contributed by atoms with Crippen LogP contribution in [0.15, 0.2) is 18.3 Å². The van der Waals surface area contributed by atoms with Crippen molar-refractivity contribution < 1.29 is 5.11 Å². The molecule has 1 aromatic rings. The molecular formula is C13H21N3O. The van der Waals surface area contributed by atoms with Gasteiger partial charge in [0, 0.05) is 32.4 Å². The Hall–Kier alpha value is -1.13. The number of aliphatic hydroxyl groups excluding tert-OH is 1. The Kier molecular flexibility index (Phi) is 4.34. The molecule has 0 aromatic carbocycles. The molecule has 1 saturated heterocycles. The summed E-state index contributed by atoms with van der Waals surface area (Å²) in [6, 6.07) is 3.95. The van der Waals surface area contributed by atoms with Gasteiger partial charge in [-0.15, -0.1) is 0 Å². The molecule has 0 atom stereocenters. The van der Waals surface area contributed by atoms with Crippen LogP contribution in [-0.2, 0) is 6.61 Å². The van der Waals surface area contributed by atoms with E-state index < -0.39 is 0 Å². The molecule has 1 N–H and O–H groups in total. The zero-order valence-corrected chi connectivity index (χ0v) is 10.5. The Morgan fingerprint density at radius 1 is 1.24 bits per heavy atom. The van der Waals surface area contributed by atoms with Crippen LogP contribution >= 0.6 is 0 Å². The molecule has 17 heavy (non-hydrogen) atoms. The van der Waals surface area contributed by atoms with E-state index in [0.717, 1.165) is 37.6 Å². The highest BCUT2D eigenvalue weighted by Crippen LogP contribution is 2.14. The number of anilines is 1. The van der Waals surface area contributed by atoms with Crippen LogP contribution in [0.1, 0.15) is 18.9 Å². The zero-order chi connectivity index (χ0) is 12.1. The average Bonchev–Trinajstić information content (AvgIpc) is 2.40. The van der Waals surface area contributed by atoms with Gasteiger partial charge < -0.3 is 10.0 Å². The van der Waals surface area contributed by atoms with E-state index in [1.54, 1.807) is 6.20 Å². The molecule has 0 radical (unpaired) electrons. The van der Waals surface area contributed by atoms with Crippen molar-refractivity contribution in [3.63, 3.8) is 0 Å². The number of rotatable bonds is 4. The minimum atomic E-state index is 0.0670. The highest BCUT2D eigenvalue weighted by atomic mass is 16.3. The van der Waals surface area contributed by atoms with Crippen molar-refractivity contribution in [2.24, 2.45) is 0 Å². The lowest BCUT2D eigenvalue weighted by atomic mass is 10.2. The molecule has 0 amide bonds. The number of piperazine rings is 1. The first-order valence-electron chi connectivity index (χ1n) is 6.36. The Morgan fingerprint density at radius 2 is 2.00 bits per heavy atom. The highest BCUT2D eigenvalue weighted by molar-refractivity contribution is 5.39. The molecule has 1 fully saturated rings. The molecule has 0 aliphatic carbocycles. The average molecular weight is 235 g/mol. The summed E-state index contributed by atoms with van der Waals surface area (Å²) in [5.41, 5.74) is 0.873. The van der Waals surface area contributed by atoms with Crippen LogP contribution in [0.3, 0.4) is 0 Å². The molecule has 1 aliphatic heterocycles. The molecule has 94 valence electrons. The van der Waals surface area contributed by atoms with Gasteiger partial charge in [0.2, 0.25) is 0 Å². The van der Waals surface area contributed by atoms with Crippen molar-refractivity contribution in [1.29, 1.82) is 0 Å². The number of aliphatic hydroxyl groups is 1. The fourth-order valence-electron chi connectivity index (χ4n) is 2.21. The first kappa shape index (κ1) is 12.3. The summed E-state index contributed by atoms with van der Waals surface area (Å²) in [6.45, 7) is 7.83. The van der Waals surface area contributed by atoms with Gasteiger partial charge in [-0.3, -0.25) is 4.90 Å². The van der Waals surface area contributed by atoms with Crippen molar-refractivity contribution in [2.75, 3.05) is 37.6 Å². The summed E-state index contributed by atoms with van der Waals surface area (Å²) in [5, 5.41) is 8.97. The van der Waals surface area contributed by atoms with E-state index in [1.165, 1.54) is 13.0 Å². The van der Waals surface area contributed by atoms with Gasteiger partial charge >= 0.3 is 0 Å². The summed E-state index contributed by atoms with van der Waals surface area (Å²) < 4.78 is 0. The second-order valence-electron chi connectivity index (χ2n) is 4.51. The Morgan fingerprint density at radius 3 is 2.53 bits per heavy atom. The van der Waals surface area contributed by atoms with E-state index in [9.17, 15) is 0 Å². The predicted octanol–water partition coefficient (Wildman–Crippen LogP) is 1.11. The lowest BCUT2D eigenvalue weighted by Gasteiger charge is -2.35. The van der Waals surface area contributed by atoms with Gasteiger partial charge in [0.1, 0.15) is 5.82 Å². The van der Waals surface area contributed by atoms with Crippen molar-refractivity contribution >= 4 is 5.82 Å². The van der Waals surface area contributed by atoms with E-state index in [1.807, 2.05) is 12.1 Å². The third-order valence-electron chi connectivity index (χ3n) is 3.23. The predicted molar refractivity (Wildman–Crippen MR) is 69.1 cm³/mol. The van der Waals surface area contributed by atoms with Gasteiger partial charge in [0.15, 0.2) is 0 Å². The number of hydrogen-bond acceptors (Lipinski definition) is 4. The van der Waals surface area contributed by atoms with Crippen molar-refractivity contribution in [3.05, 3.63) is 23.9 Å². The normalized spacial score (nSPS) is 17.4. The van der Waals surface area contributed by atoms with Crippen LogP contribution in [-0.4, -0.2) is 47.7 Å². The van der Waals surface area contributed by atoms with Crippen molar-refractivity contribution in [2.45, 2.75) is 20.0 Å². The number of hydrogen-bond donors (Lipinski definition) is 1. The molecule has 0 spiro atoms. The van der Waals surface area contributed by atoms with Crippen LogP contribution in [0.2, 0.25) is 0 Å². The maximum Gasteiger partial charge on any atom is 0.128 e. The number of nitrogens with zero attached hydrogens (tertiary/aromatic N) is 3.